The van der Waals surface area contributed by atoms with Gasteiger partial charge in [0, 0.05) is 10.0 Å². The number of hydrogen-bond acceptors (Lipinski definition) is 1. The molecule has 0 N–H and O–H groups in total. The Balaban J connectivity index is 2.94. The molecule has 72 valence electrons. The molecule has 0 atom stereocenters. The molecule has 0 radical (unpaired) electrons. The van der Waals surface area contributed by atoms with Crippen LogP contribution < -0.4 is 4.74 Å². The summed E-state index contributed by atoms with van der Waals surface area (Å²) in [5.74, 6) is 0.259. The molecular weight excluding hydrogens is 265 g/mol. The second-order valence-electron chi connectivity index (χ2n) is 2.26. The lowest BCUT2D eigenvalue weighted by molar-refractivity contribution is -0.0503. The van der Waals surface area contributed by atoms with Gasteiger partial charge < -0.3 is 4.74 Å². The summed E-state index contributed by atoms with van der Waals surface area (Å²) < 4.78 is 28.7. The largest absolute Gasteiger partial charge is 0.434 e. The van der Waals surface area contributed by atoms with E-state index < -0.39 is 6.61 Å². The molecule has 0 spiro atoms. The van der Waals surface area contributed by atoms with Crippen molar-refractivity contribution in [1.29, 1.82) is 0 Å². The third-order valence-electron chi connectivity index (χ3n) is 1.39. The third-order valence-corrected chi connectivity index (χ3v) is 2.17. The van der Waals surface area contributed by atoms with Crippen LogP contribution in [-0.4, -0.2) is 6.61 Å². The third kappa shape index (κ3) is 3.12. The van der Waals surface area contributed by atoms with Crippen molar-refractivity contribution in [3.8, 4) is 5.75 Å². The molecule has 0 aromatic heterocycles. The van der Waals surface area contributed by atoms with Crippen molar-refractivity contribution in [2.45, 2.75) is 12.5 Å². The van der Waals surface area contributed by atoms with Crippen LogP contribution in [0.1, 0.15) is 5.56 Å². The molecule has 1 nitrogen and oxygen atoms in total. The fraction of sp³-hybridized carbons (Fsp3) is 0.250. The van der Waals surface area contributed by atoms with Gasteiger partial charge in [0.25, 0.3) is 0 Å². The lowest BCUT2D eigenvalue weighted by atomic mass is 10.2. The van der Waals surface area contributed by atoms with Crippen LogP contribution in [0.5, 0.6) is 5.75 Å². The number of halogens is 4. The molecule has 1 aromatic carbocycles. The molecule has 0 aliphatic heterocycles. The highest BCUT2D eigenvalue weighted by Gasteiger charge is 2.09. The first kappa shape index (κ1) is 10.7. The van der Waals surface area contributed by atoms with E-state index in [0.29, 0.717) is 10.0 Å². The maximum atomic E-state index is 11.9. The van der Waals surface area contributed by atoms with Gasteiger partial charge in [-0.25, -0.2) is 0 Å². The van der Waals surface area contributed by atoms with Gasteiger partial charge in [0.05, 0.1) is 5.88 Å². The van der Waals surface area contributed by atoms with E-state index in [2.05, 4.69) is 20.7 Å². The molecule has 0 fully saturated rings. The van der Waals surface area contributed by atoms with Gasteiger partial charge in [-0.05, 0) is 12.1 Å². The van der Waals surface area contributed by atoms with Gasteiger partial charge in [0.2, 0.25) is 0 Å². The predicted molar refractivity (Wildman–Crippen MR) is 50.3 cm³/mol. The lowest BCUT2D eigenvalue weighted by Gasteiger charge is -2.08. The minimum Gasteiger partial charge on any atom is -0.434 e. The molecule has 5 heteroatoms. The topological polar surface area (TPSA) is 9.23 Å². The maximum Gasteiger partial charge on any atom is 0.387 e. The van der Waals surface area contributed by atoms with Crippen LogP contribution >= 0.6 is 27.5 Å². The first-order valence-corrected chi connectivity index (χ1v) is 4.75. The number of alkyl halides is 3. The molecule has 0 aliphatic carbocycles. The van der Waals surface area contributed by atoms with E-state index in [1.165, 1.54) is 6.07 Å². The van der Waals surface area contributed by atoms with E-state index in [9.17, 15) is 8.78 Å². The zero-order valence-electron chi connectivity index (χ0n) is 6.44. The van der Waals surface area contributed by atoms with Crippen LogP contribution in [-0.2, 0) is 5.88 Å². The van der Waals surface area contributed by atoms with Crippen molar-refractivity contribution in [1.82, 2.24) is 0 Å². The first-order valence-electron chi connectivity index (χ1n) is 3.42. The Hall–Kier alpha value is -0.350. The van der Waals surface area contributed by atoms with Gasteiger partial charge in [-0.15, -0.1) is 11.6 Å². The standard InChI is InChI=1S/C8H6BrClF2O/c9-6-2-1-5(4-10)7(3-6)13-8(11)12/h1-3,8H,4H2. The summed E-state index contributed by atoms with van der Waals surface area (Å²) in [6, 6.07) is 4.81. The van der Waals surface area contributed by atoms with Gasteiger partial charge in [-0.1, -0.05) is 22.0 Å². The van der Waals surface area contributed by atoms with Crippen LogP contribution in [0.3, 0.4) is 0 Å². The highest BCUT2D eigenvalue weighted by atomic mass is 79.9. The number of rotatable bonds is 3. The van der Waals surface area contributed by atoms with Crippen LogP contribution in [0.15, 0.2) is 22.7 Å². The van der Waals surface area contributed by atoms with Gasteiger partial charge in [-0.2, -0.15) is 8.78 Å². The number of benzene rings is 1. The van der Waals surface area contributed by atoms with Crippen molar-refractivity contribution < 1.29 is 13.5 Å². The molecule has 0 bridgehead atoms. The van der Waals surface area contributed by atoms with Crippen LogP contribution in [0.2, 0.25) is 0 Å². The molecule has 0 unspecified atom stereocenters. The monoisotopic (exact) mass is 270 g/mol. The van der Waals surface area contributed by atoms with Crippen LogP contribution in [0.4, 0.5) is 8.78 Å². The molecule has 0 saturated heterocycles. The number of ether oxygens (including phenoxy) is 1. The summed E-state index contributed by atoms with van der Waals surface area (Å²) in [5.41, 5.74) is 0.546. The van der Waals surface area contributed by atoms with Gasteiger partial charge in [0.1, 0.15) is 5.75 Å². The molecule has 0 amide bonds. The number of hydrogen-bond donors (Lipinski definition) is 0. The zero-order valence-corrected chi connectivity index (χ0v) is 8.78. The van der Waals surface area contributed by atoms with Crippen LogP contribution in [0.25, 0.3) is 0 Å². The second-order valence-corrected chi connectivity index (χ2v) is 3.45. The average molecular weight is 271 g/mol. The second kappa shape index (κ2) is 4.77. The normalized spacial score (nSPS) is 10.5. The van der Waals surface area contributed by atoms with Gasteiger partial charge >= 0.3 is 6.61 Å². The molecule has 1 rings (SSSR count). The Morgan fingerprint density at radius 3 is 2.69 bits per heavy atom. The van der Waals surface area contributed by atoms with E-state index in [0.717, 1.165) is 0 Å². The minimum absolute atomic E-state index is 0.111. The molecule has 0 aliphatic rings. The van der Waals surface area contributed by atoms with Crippen molar-refractivity contribution >= 4 is 27.5 Å². The highest BCUT2D eigenvalue weighted by Crippen LogP contribution is 2.26. The van der Waals surface area contributed by atoms with Crippen LogP contribution in [0, 0.1) is 0 Å². The molecule has 0 heterocycles. The first-order chi connectivity index (χ1) is 6.13. The summed E-state index contributed by atoms with van der Waals surface area (Å²) in [6.45, 7) is -2.82. The summed E-state index contributed by atoms with van der Waals surface area (Å²) in [6.07, 6.45) is 0. The zero-order chi connectivity index (χ0) is 9.84. The quantitative estimate of drug-likeness (QED) is 0.760. The predicted octanol–water partition coefficient (Wildman–Crippen LogP) is 3.79. The Morgan fingerprint density at radius 2 is 2.15 bits per heavy atom. The Kier molecular flexibility index (Phi) is 3.93. The molecule has 1 aromatic rings. The van der Waals surface area contributed by atoms with Gasteiger partial charge in [0.15, 0.2) is 0 Å². The Morgan fingerprint density at radius 1 is 1.46 bits per heavy atom. The fourth-order valence-electron chi connectivity index (χ4n) is 0.844. The van der Waals surface area contributed by atoms with Crippen molar-refractivity contribution in [2.24, 2.45) is 0 Å². The lowest BCUT2D eigenvalue weighted by Crippen LogP contribution is -2.03. The Bertz CT molecular complexity index is 293. The minimum atomic E-state index is -2.82. The maximum absolute atomic E-state index is 11.9. The highest BCUT2D eigenvalue weighted by molar-refractivity contribution is 9.10. The van der Waals surface area contributed by atoms with Crippen molar-refractivity contribution in [2.75, 3.05) is 0 Å². The van der Waals surface area contributed by atoms with E-state index in [-0.39, 0.29) is 11.6 Å². The fourth-order valence-corrected chi connectivity index (χ4v) is 1.41. The van der Waals surface area contributed by atoms with E-state index in [1.54, 1.807) is 12.1 Å². The summed E-state index contributed by atoms with van der Waals surface area (Å²) in [7, 11) is 0. The molecule has 0 saturated carbocycles. The summed E-state index contributed by atoms with van der Waals surface area (Å²) in [4.78, 5) is 0. The van der Waals surface area contributed by atoms with Crippen molar-refractivity contribution in [3.63, 3.8) is 0 Å². The SMILES string of the molecule is FC(F)Oc1cc(Br)ccc1CCl. The average Bonchev–Trinajstić information content (AvgIpc) is 2.03. The molecule has 13 heavy (non-hydrogen) atoms. The molecular formula is C8H6BrClF2O. The summed E-state index contributed by atoms with van der Waals surface area (Å²) >= 11 is 8.68. The Labute approximate surface area is 87.8 Å². The smallest absolute Gasteiger partial charge is 0.387 e. The van der Waals surface area contributed by atoms with E-state index >= 15 is 0 Å². The van der Waals surface area contributed by atoms with Gasteiger partial charge in [-0.3, -0.25) is 0 Å². The van der Waals surface area contributed by atoms with E-state index in [1.807, 2.05) is 0 Å². The summed E-state index contributed by atoms with van der Waals surface area (Å²) in [5, 5.41) is 0. The van der Waals surface area contributed by atoms with Crippen molar-refractivity contribution in [3.05, 3.63) is 28.2 Å². The van der Waals surface area contributed by atoms with E-state index in [4.69, 9.17) is 11.6 Å².